The summed E-state index contributed by atoms with van der Waals surface area (Å²) >= 11 is 5.90. The van der Waals surface area contributed by atoms with E-state index in [0.29, 0.717) is 12.5 Å². The Morgan fingerprint density at radius 3 is 2.60 bits per heavy atom. The molecule has 0 spiro atoms. The van der Waals surface area contributed by atoms with Crippen molar-refractivity contribution in [3.63, 3.8) is 0 Å². The molecule has 0 aliphatic heterocycles. The van der Waals surface area contributed by atoms with Crippen LogP contribution in [0.25, 0.3) is 0 Å². The van der Waals surface area contributed by atoms with Gasteiger partial charge in [0.05, 0.1) is 6.54 Å². The van der Waals surface area contributed by atoms with Gasteiger partial charge in [-0.05, 0) is 30.0 Å². The lowest BCUT2D eigenvalue weighted by Crippen LogP contribution is -2.38. The number of rotatable bonds is 7. The Hall–Kier alpha value is -1.28. The average molecular weight is 476 g/mol. The number of aliphatic imine (C=N–C) groups is 1. The van der Waals surface area contributed by atoms with E-state index in [-0.39, 0.29) is 24.0 Å². The second-order valence-corrected chi connectivity index (χ2v) is 6.56. The number of benzene rings is 1. The predicted octanol–water partition coefficient (Wildman–Crippen LogP) is 3.72. The molecule has 0 saturated heterocycles. The second-order valence-electron chi connectivity index (χ2n) is 6.12. The fourth-order valence-corrected chi connectivity index (χ4v) is 2.55. The minimum Gasteiger partial charge on any atom is -0.356 e. The second kappa shape index (κ2) is 11.4. The predicted molar refractivity (Wildman–Crippen MR) is 116 cm³/mol. The van der Waals surface area contributed by atoms with E-state index in [9.17, 15) is 0 Å². The molecule has 0 atom stereocenters. The molecule has 0 fully saturated rings. The molecule has 7 heteroatoms. The molecule has 1 aromatic heterocycles. The van der Waals surface area contributed by atoms with Gasteiger partial charge in [-0.3, -0.25) is 4.99 Å². The summed E-state index contributed by atoms with van der Waals surface area (Å²) in [6.07, 6.45) is 4.78. The Labute approximate surface area is 172 Å². The summed E-state index contributed by atoms with van der Waals surface area (Å²) in [5, 5.41) is 7.40. The monoisotopic (exact) mass is 475 g/mol. The number of nitrogens with one attached hydrogen (secondary N) is 2. The molecule has 0 aliphatic rings. The zero-order valence-corrected chi connectivity index (χ0v) is 18.1. The highest BCUT2D eigenvalue weighted by Gasteiger charge is 2.06. The van der Waals surface area contributed by atoms with Gasteiger partial charge < -0.3 is 15.2 Å². The molecule has 0 amide bonds. The van der Waals surface area contributed by atoms with E-state index in [1.54, 1.807) is 7.05 Å². The molecule has 138 valence electrons. The maximum absolute atomic E-state index is 5.90. The Morgan fingerprint density at radius 1 is 1.24 bits per heavy atom. The maximum atomic E-state index is 5.90. The minimum absolute atomic E-state index is 0. The van der Waals surface area contributed by atoms with E-state index in [1.165, 1.54) is 5.56 Å². The number of halogens is 2. The normalized spacial score (nSPS) is 11.3. The molecule has 0 bridgehead atoms. The van der Waals surface area contributed by atoms with Crippen molar-refractivity contribution >= 4 is 41.5 Å². The van der Waals surface area contributed by atoms with Crippen molar-refractivity contribution in [3.8, 4) is 0 Å². The summed E-state index contributed by atoms with van der Waals surface area (Å²) in [4.78, 5) is 8.68. The number of imidazole rings is 1. The highest BCUT2D eigenvalue weighted by molar-refractivity contribution is 14.0. The first-order chi connectivity index (χ1) is 11.6. The topological polar surface area (TPSA) is 54.2 Å². The van der Waals surface area contributed by atoms with Gasteiger partial charge in [0, 0.05) is 37.6 Å². The Morgan fingerprint density at radius 2 is 1.96 bits per heavy atom. The molecular weight excluding hydrogens is 449 g/mol. The Balaban J connectivity index is 0.00000312. The van der Waals surface area contributed by atoms with Gasteiger partial charge in [0.15, 0.2) is 5.96 Å². The van der Waals surface area contributed by atoms with E-state index in [2.05, 4.69) is 39.0 Å². The van der Waals surface area contributed by atoms with Crippen LogP contribution in [0, 0.1) is 5.92 Å². The van der Waals surface area contributed by atoms with Crippen LogP contribution in [-0.2, 0) is 19.5 Å². The molecule has 0 unspecified atom stereocenters. The highest BCUT2D eigenvalue weighted by atomic mass is 127. The lowest BCUT2D eigenvalue weighted by Gasteiger charge is -2.14. The third kappa shape index (κ3) is 7.64. The molecule has 2 aromatic rings. The van der Waals surface area contributed by atoms with Gasteiger partial charge in [-0.1, -0.05) is 37.6 Å². The molecular formula is C18H27ClIN5. The molecule has 1 heterocycles. The maximum Gasteiger partial charge on any atom is 0.191 e. The first-order valence-corrected chi connectivity index (χ1v) is 8.65. The molecule has 2 rings (SSSR count). The third-order valence-electron chi connectivity index (χ3n) is 3.62. The Bertz CT molecular complexity index is 652. The van der Waals surface area contributed by atoms with Crippen LogP contribution in [0.4, 0.5) is 0 Å². The SMILES string of the molecule is CN=C(NCCc1ccc(Cl)cc1)NCc1nccn1CC(C)C.I. The first-order valence-electron chi connectivity index (χ1n) is 8.27. The van der Waals surface area contributed by atoms with Crippen LogP contribution < -0.4 is 10.6 Å². The van der Waals surface area contributed by atoms with Crippen molar-refractivity contribution in [2.24, 2.45) is 10.9 Å². The lowest BCUT2D eigenvalue weighted by molar-refractivity contribution is 0.503. The van der Waals surface area contributed by atoms with Gasteiger partial charge in [0.1, 0.15) is 5.82 Å². The summed E-state index contributed by atoms with van der Waals surface area (Å²) in [7, 11) is 1.78. The Kier molecular flexibility index (Phi) is 9.89. The quantitative estimate of drug-likeness (QED) is 0.365. The average Bonchev–Trinajstić information content (AvgIpc) is 2.99. The fourth-order valence-electron chi connectivity index (χ4n) is 2.43. The standard InChI is InChI=1S/C18H26ClN5.HI/c1-14(2)13-24-11-10-21-17(24)12-23-18(20-3)22-9-8-15-4-6-16(19)7-5-15;/h4-7,10-11,14H,8-9,12-13H2,1-3H3,(H2,20,22,23);1H. The zero-order chi connectivity index (χ0) is 17.4. The molecule has 1 aromatic carbocycles. The van der Waals surface area contributed by atoms with E-state index in [4.69, 9.17) is 11.6 Å². The summed E-state index contributed by atoms with van der Waals surface area (Å²) in [6.45, 7) is 6.84. The molecule has 2 N–H and O–H groups in total. The summed E-state index contributed by atoms with van der Waals surface area (Å²) in [5.41, 5.74) is 1.25. The molecule has 0 saturated carbocycles. The minimum atomic E-state index is 0. The molecule has 0 radical (unpaired) electrons. The zero-order valence-electron chi connectivity index (χ0n) is 15.0. The number of hydrogen-bond acceptors (Lipinski definition) is 2. The highest BCUT2D eigenvalue weighted by Crippen LogP contribution is 2.09. The van der Waals surface area contributed by atoms with E-state index in [0.717, 1.165) is 36.3 Å². The van der Waals surface area contributed by atoms with Crippen LogP contribution in [0.3, 0.4) is 0 Å². The van der Waals surface area contributed by atoms with Crippen molar-refractivity contribution in [2.45, 2.75) is 33.4 Å². The van der Waals surface area contributed by atoms with Gasteiger partial charge in [0.25, 0.3) is 0 Å². The van der Waals surface area contributed by atoms with Crippen molar-refractivity contribution in [1.29, 1.82) is 0 Å². The van der Waals surface area contributed by atoms with Crippen molar-refractivity contribution < 1.29 is 0 Å². The smallest absolute Gasteiger partial charge is 0.191 e. The van der Waals surface area contributed by atoms with Gasteiger partial charge in [-0.2, -0.15) is 0 Å². The van der Waals surface area contributed by atoms with E-state index >= 15 is 0 Å². The molecule has 0 aliphatic carbocycles. The van der Waals surface area contributed by atoms with Gasteiger partial charge in [0.2, 0.25) is 0 Å². The van der Waals surface area contributed by atoms with Crippen LogP contribution in [0.2, 0.25) is 5.02 Å². The number of hydrogen-bond donors (Lipinski definition) is 2. The lowest BCUT2D eigenvalue weighted by atomic mass is 10.1. The first kappa shape index (κ1) is 21.8. The van der Waals surface area contributed by atoms with Crippen molar-refractivity contribution in [2.75, 3.05) is 13.6 Å². The van der Waals surface area contributed by atoms with Crippen LogP contribution >= 0.6 is 35.6 Å². The third-order valence-corrected chi connectivity index (χ3v) is 3.87. The molecule has 25 heavy (non-hydrogen) atoms. The summed E-state index contributed by atoms with van der Waals surface area (Å²) in [5.74, 6) is 2.39. The number of guanidine groups is 1. The van der Waals surface area contributed by atoms with Crippen LogP contribution in [0.5, 0.6) is 0 Å². The van der Waals surface area contributed by atoms with E-state index < -0.39 is 0 Å². The van der Waals surface area contributed by atoms with Gasteiger partial charge in [-0.15, -0.1) is 24.0 Å². The number of aromatic nitrogens is 2. The number of nitrogens with zero attached hydrogens (tertiary/aromatic N) is 3. The molecule has 5 nitrogen and oxygen atoms in total. The largest absolute Gasteiger partial charge is 0.356 e. The van der Waals surface area contributed by atoms with Gasteiger partial charge >= 0.3 is 0 Å². The van der Waals surface area contributed by atoms with Crippen LogP contribution in [0.1, 0.15) is 25.2 Å². The van der Waals surface area contributed by atoms with E-state index in [1.807, 2.05) is 36.7 Å². The summed E-state index contributed by atoms with van der Waals surface area (Å²) < 4.78 is 2.18. The summed E-state index contributed by atoms with van der Waals surface area (Å²) in [6, 6.07) is 7.92. The van der Waals surface area contributed by atoms with Crippen molar-refractivity contribution in [3.05, 3.63) is 53.1 Å². The van der Waals surface area contributed by atoms with Crippen LogP contribution in [0.15, 0.2) is 41.7 Å². The van der Waals surface area contributed by atoms with Gasteiger partial charge in [-0.25, -0.2) is 4.98 Å². The van der Waals surface area contributed by atoms with Crippen molar-refractivity contribution in [1.82, 2.24) is 20.2 Å². The fraction of sp³-hybridized carbons (Fsp3) is 0.444. The van der Waals surface area contributed by atoms with Crippen LogP contribution in [-0.4, -0.2) is 29.1 Å².